The Kier molecular flexibility index (Phi) is 7.86. The van der Waals surface area contributed by atoms with Crippen molar-refractivity contribution in [2.75, 3.05) is 25.0 Å². The first kappa shape index (κ1) is 25.3. The van der Waals surface area contributed by atoms with E-state index in [1.165, 1.54) is 24.3 Å². The number of halogens is 1. The first-order chi connectivity index (χ1) is 16.8. The zero-order valence-electron chi connectivity index (χ0n) is 20.0. The van der Waals surface area contributed by atoms with E-state index < -0.39 is 10.0 Å². The number of amides is 2. The van der Waals surface area contributed by atoms with Gasteiger partial charge in [-0.25, -0.2) is 12.8 Å². The number of carbonyl (C=O) groups is 2. The van der Waals surface area contributed by atoms with Crippen molar-refractivity contribution in [3.8, 4) is 0 Å². The molecule has 0 aromatic heterocycles. The molecule has 2 saturated heterocycles. The summed E-state index contributed by atoms with van der Waals surface area (Å²) in [6.07, 6.45) is 4.66. The highest BCUT2D eigenvalue weighted by Crippen LogP contribution is 2.28. The summed E-state index contributed by atoms with van der Waals surface area (Å²) in [6.45, 7) is 3.45. The summed E-state index contributed by atoms with van der Waals surface area (Å²) >= 11 is 0. The standard InChI is InChI=1S/C26H32FN3O4S/c1-2-23-5-3-4-16-30(23)35(33,34)24-12-10-22(11-13-24)28-25(31)19-14-17-29(18-15-19)26(32)20-6-8-21(27)9-7-20/h6-13,19,23H,2-5,14-18H2,1H3,(H,28,31). The molecule has 9 heteroatoms. The molecule has 0 radical (unpaired) electrons. The number of likely N-dealkylation sites (tertiary alicyclic amines) is 1. The summed E-state index contributed by atoms with van der Waals surface area (Å²) in [6, 6.07) is 11.9. The van der Waals surface area contributed by atoms with Crippen LogP contribution in [0.1, 0.15) is 55.8 Å². The van der Waals surface area contributed by atoms with Gasteiger partial charge >= 0.3 is 0 Å². The molecule has 4 rings (SSSR count). The third-order valence-corrected chi connectivity index (χ3v) is 8.98. The molecule has 2 aliphatic heterocycles. The minimum atomic E-state index is -3.57. The maximum atomic E-state index is 13.1. The summed E-state index contributed by atoms with van der Waals surface area (Å²) in [5, 5.41) is 2.88. The highest BCUT2D eigenvalue weighted by atomic mass is 32.2. The van der Waals surface area contributed by atoms with Crippen LogP contribution < -0.4 is 5.32 Å². The summed E-state index contributed by atoms with van der Waals surface area (Å²) in [5.74, 6) is -0.940. The van der Waals surface area contributed by atoms with Crippen molar-refractivity contribution in [3.63, 3.8) is 0 Å². The fourth-order valence-electron chi connectivity index (χ4n) is 4.91. The fraction of sp³-hybridized carbons (Fsp3) is 0.462. The Morgan fingerprint density at radius 1 is 0.943 bits per heavy atom. The number of hydrogen-bond donors (Lipinski definition) is 1. The summed E-state index contributed by atoms with van der Waals surface area (Å²) in [7, 11) is -3.57. The van der Waals surface area contributed by atoms with Gasteiger partial charge in [-0.05, 0) is 80.6 Å². The lowest BCUT2D eigenvalue weighted by molar-refractivity contribution is -0.121. The predicted molar refractivity (Wildman–Crippen MR) is 132 cm³/mol. The van der Waals surface area contributed by atoms with Gasteiger partial charge in [0.05, 0.1) is 4.90 Å². The van der Waals surface area contributed by atoms with E-state index in [2.05, 4.69) is 5.32 Å². The van der Waals surface area contributed by atoms with Gasteiger partial charge in [0.15, 0.2) is 0 Å². The quantitative estimate of drug-likeness (QED) is 0.641. The van der Waals surface area contributed by atoms with Gasteiger partial charge in [0.25, 0.3) is 5.91 Å². The Morgan fingerprint density at radius 3 is 2.23 bits per heavy atom. The molecule has 188 valence electrons. The highest BCUT2D eigenvalue weighted by Gasteiger charge is 2.32. The van der Waals surface area contributed by atoms with Crippen molar-refractivity contribution >= 4 is 27.5 Å². The highest BCUT2D eigenvalue weighted by molar-refractivity contribution is 7.89. The molecule has 35 heavy (non-hydrogen) atoms. The minimum absolute atomic E-state index is 0.0361. The molecule has 1 unspecified atom stereocenters. The number of carbonyl (C=O) groups excluding carboxylic acids is 2. The normalized spacial score (nSPS) is 19.9. The van der Waals surface area contributed by atoms with E-state index in [9.17, 15) is 22.4 Å². The molecule has 2 amide bonds. The molecule has 1 atom stereocenters. The van der Waals surface area contributed by atoms with E-state index in [4.69, 9.17) is 0 Å². The zero-order valence-corrected chi connectivity index (χ0v) is 20.8. The van der Waals surface area contributed by atoms with Gasteiger partial charge in [0, 0.05) is 42.8 Å². The molecule has 2 fully saturated rings. The molecule has 0 bridgehead atoms. The van der Waals surface area contributed by atoms with E-state index in [1.807, 2.05) is 6.92 Å². The van der Waals surface area contributed by atoms with Gasteiger partial charge in [0.1, 0.15) is 5.82 Å². The van der Waals surface area contributed by atoms with E-state index in [-0.39, 0.29) is 34.5 Å². The van der Waals surface area contributed by atoms with E-state index in [0.29, 0.717) is 43.7 Å². The zero-order chi connectivity index (χ0) is 25.0. The van der Waals surface area contributed by atoms with Crippen LogP contribution in [-0.2, 0) is 14.8 Å². The summed E-state index contributed by atoms with van der Waals surface area (Å²) in [5.41, 5.74) is 0.976. The third-order valence-electron chi connectivity index (χ3n) is 7.02. The van der Waals surface area contributed by atoms with Crippen molar-refractivity contribution in [3.05, 3.63) is 59.9 Å². The average Bonchev–Trinajstić information content (AvgIpc) is 2.89. The molecule has 2 aromatic carbocycles. The van der Waals surface area contributed by atoms with Gasteiger partial charge in [-0.2, -0.15) is 4.31 Å². The second kappa shape index (κ2) is 10.9. The predicted octanol–water partition coefficient (Wildman–Crippen LogP) is 4.27. The van der Waals surface area contributed by atoms with Gasteiger partial charge in [0.2, 0.25) is 15.9 Å². The second-order valence-corrected chi connectivity index (χ2v) is 11.2. The summed E-state index contributed by atoms with van der Waals surface area (Å²) < 4.78 is 41.0. The van der Waals surface area contributed by atoms with Crippen LogP contribution in [0.25, 0.3) is 0 Å². The third kappa shape index (κ3) is 5.73. The minimum Gasteiger partial charge on any atom is -0.339 e. The molecule has 0 spiro atoms. The number of anilines is 1. The van der Waals surface area contributed by atoms with Crippen LogP contribution in [-0.4, -0.2) is 55.1 Å². The molecule has 2 heterocycles. The first-order valence-electron chi connectivity index (χ1n) is 12.3. The number of sulfonamides is 1. The van der Waals surface area contributed by atoms with Crippen molar-refractivity contribution < 1.29 is 22.4 Å². The molecular weight excluding hydrogens is 469 g/mol. The molecular formula is C26H32FN3O4S. The Balaban J connectivity index is 1.32. The van der Waals surface area contributed by atoms with Crippen molar-refractivity contribution in [2.45, 2.75) is 56.4 Å². The van der Waals surface area contributed by atoms with Crippen LogP contribution >= 0.6 is 0 Å². The SMILES string of the molecule is CCC1CCCCN1S(=O)(=O)c1ccc(NC(=O)C2CCN(C(=O)c3ccc(F)cc3)CC2)cc1. The van der Waals surface area contributed by atoms with Gasteiger partial charge < -0.3 is 10.2 Å². The maximum absolute atomic E-state index is 13.1. The monoisotopic (exact) mass is 501 g/mol. The smallest absolute Gasteiger partial charge is 0.253 e. The Morgan fingerprint density at radius 2 is 1.60 bits per heavy atom. The largest absolute Gasteiger partial charge is 0.339 e. The second-order valence-electron chi connectivity index (χ2n) is 9.26. The van der Waals surface area contributed by atoms with Crippen LogP contribution in [0.4, 0.5) is 10.1 Å². The van der Waals surface area contributed by atoms with E-state index >= 15 is 0 Å². The Hall–Kier alpha value is -2.78. The maximum Gasteiger partial charge on any atom is 0.253 e. The van der Waals surface area contributed by atoms with E-state index in [1.54, 1.807) is 33.5 Å². The molecule has 0 saturated carbocycles. The number of nitrogens with one attached hydrogen (secondary N) is 1. The van der Waals surface area contributed by atoms with Crippen LogP contribution in [0.5, 0.6) is 0 Å². The molecule has 0 aliphatic carbocycles. The Bertz CT molecular complexity index is 1140. The number of nitrogens with zero attached hydrogens (tertiary/aromatic N) is 2. The Labute approximate surface area is 206 Å². The van der Waals surface area contributed by atoms with Crippen LogP contribution in [0, 0.1) is 11.7 Å². The molecule has 2 aromatic rings. The van der Waals surface area contributed by atoms with Crippen molar-refractivity contribution in [1.82, 2.24) is 9.21 Å². The number of benzene rings is 2. The first-order valence-corrected chi connectivity index (χ1v) is 13.7. The van der Waals surface area contributed by atoms with Crippen LogP contribution in [0.15, 0.2) is 53.4 Å². The lowest BCUT2D eigenvalue weighted by Crippen LogP contribution is -2.43. The van der Waals surface area contributed by atoms with Crippen LogP contribution in [0.3, 0.4) is 0 Å². The lowest BCUT2D eigenvalue weighted by atomic mass is 9.95. The number of piperidine rings is 2. The molecule has 7 nitrogen and oxygen atoms in total. The molecule has 2 aliphatic rings. The molecule has 1 N–H and O–H groups in total. The number of hydrogen-bond acceptors (Lipinski definition) is 4. The van der Waals surface area contributed by atoms with E-state index in [0.717, 1.165) is 25.7 Å². The van der Waals surface area contributed by atoms with Gasteiger partial charge in [-0.15, -0.1) is 0 Å². The van der Waals surface area contributed by atoms with Crippen molar-refractivity contribution in [2.24, 2.45) is 5.92 Å². The van der Waals surface area contributed by atoms with Crippen molar-refractivity contribution in [1.29, 1.82) is 0 Å². The fourth-order valence-corrected chi connectivity index (χ4v) is 6.68. The van der Waals surface area contributed by atoms with Crippen LogP contribution in [0.2, 0.25) is 0 Å². The summed E-state index contributed by atoms with van der Waals surface area (Å²) in [4.78, 5) is 27.3. The van der Waals surface area contributed by atoms with Gasteiger partial charge in [-0.3, -0.25) is 9.59 Å². The topological polar surface area (TPSA) is 86.8 Å². The number of rotatable bonds is 6. The average molecular weight is 502 g/mol. The lowest BCUT2D eigenvalue weighted by Gasteiger charge is -2.34. The van der Waals surface area contributed by atoms with Gasteiger partial charge in [-0.1, -0.05) is 13.3 Å².